The molecule has 1 saturated heterocycles. The molecule has 0 saturated carbocycles. The minimum Gasteiger partial charge on any atom is -0.292 e. The van der Waals surface area contributed by atoms with Crippen LogP contribution in [0, 0.1) is 0 Å². The van der Waals surface area contributed by atoms with Gasteiger partial charge in [-0.3, -0.25) is 4.90 Å². The molecule has 2 aromatic rings. The van der Waals surface area contributed by atoms with Gasteiger partial charge in [0.25, 0.3) is 0 Å². The van der Waals surface area contributed by atoms with Gasteiger partial charge in [0.15, 0.2) is 0 Å². The minimum absolute atomic E-state index is 0.622. The zero-order valence-corrected chi connectivity index (χ0v) is 9.92. The van der Waals surface area contributed by atoms with Crippen molar-refractivity contribution in [3.05, 3.63) is 71.8 Å². The average molecular weight is 223 g/mol. The standard InChI is InChI=1S/C16H17N/c1-3-7-14(8-4-1)13-17-12-11-16(17)15-9-5-2-6-10-15/h1-10,16H,11-13H2/t16-/m1/s1. The molecule has 0 radical (unpaired) electrons. The molecule has 1 atom stereocenters. The molecule has 0 amide bonds. The summed E-state index contributed by atoms with van der Waals surface area (Å²) in [5.41, 5.74) is 2.86. The molecule has 0 N–H and O–H groups in total. The molecule has 1 heteroatoms. The van der Waals surface area contributed by atoms with Gasteiger partial charge in [0.2, 0.25) is 0 Å². The summed E-state index contributed by atoms with van der Waals surface area (Å²) in [5.74, 6) is 0. The summed E-state index contributed by atoms with van der Waals surface area (Å²) >= 11 is 0. The maximum absolute atomic E-state index is 2.55. The van der Waals surface area contributed by atoms with Gasteiger partial charge in [0, 0.05) is 19.1 Å². The van der Waals surface area contributed by atoms with Crippen molar-refractivity contribution < 1.29 is 0 Å². The van der Waals surface area contributed by atoms with Crippen molar-refractivity contribution in [1.29, 1.82) is 0 Å². The lowest BCUT2D eigenvalue weighted by Crippen LogP contribution is -2.40. The summed E-state index contributed by atoms with van der Waals surface area (Å²) in [4.78, 5) is 2.55. The topological polar surface area (TPSA) is 3.24 Å². The molecule has 3 rings (SSSR count). The first-order chi connectivity index (χ1) is 8.43. The van der Waals surface area contributed by atoms with Crippen LogP contribution in [0.15, 0.2) is 60.7 Å². The number of nitrogens with zero attached hydrogens (tertiary/aromatic N) is 1. The highest BCUT2D eigenvalue weighted by Crippen LogP contribution is 2.34. The summed E-state index contributed by atoms with van der Waals surface area (Å²) in [6.45, 7) is 2.29. The first-order valence-corrected chi connectivity index (χ1v) is 6.26. The summed E-state index contributed by atoms with van der Waals surface area (Å²) in [5, 5.41) is 0. The Balaban J connectivity index is 1.70. The molecule has 1 fully saturated rings. The number of rotatable bonds is 3. The van der Waals surface area contributed by atoms with Crippen molar-refractivity contribution >= 4 is 0 Å². The lowest BCUT2D eigenvalue weighted by Gasteiger charge is -2.41. The molecular formula is C16H17N. The molecule has 1 nitrogen and oxygen atoms in total. The molecule has 17 heavy (non-hydrogen) atoms. The third-order valence-electron chi connectivity index (χ3n) is 3.54. The summed E-state index contributed by atoms with van der Waals surface area (Å²) in [6, 6.07) is 22.2. The van der Waals surface area contributed by atoms with Gasteiger partial charge < -0.3 is 0 Å². The van der Waals surface area contributed by atoms with Crippen molar-refractivity contribution in [2.75, 3.05) is 6.54 Å². The Hall–Kier alpha value is -1.60. The minimum atomic E-state index is 0.622. The highest BCUT2D eigenvalue weighted by atomic mass is 15.2. The fraction of sp³-hybridized carbons (Fsp3) is 0.250. The van der Waals surface area contributed by atoms with E-state index in [0.717, 1.165) is 6.54 Å². The van der Waals surface area contributed by atoms with Crippen LogP contribution in [0.25, 0.3) is 0 Å². The fourth-order valence-electron chi connectivity index (χ4n) is 2.50. The van der Waals surface area contributed by atoms with Gasteiger partial charge in [-0.2, -0.15) is 0 Å². The Bertz CT molecular complexity index is 463. The summed E-state index contributed by atoms with van der Waals surface area (Å²) in [7, 11) is 0. The van der Waals surface area contributed by atoms with E-state index in [1.807, 2.05) is 0 Å². The quantitative estimate of drug-likeness (QED) is 0.768. The maximum Gasteiger partial charge on any atom is 0.0363 e. The van der Waals surface area contributed by atoms with Crippen LogP contribution in [0.1, 0.15) is 23.6 Å². The van der Waals surface area contributed by atoms with E-state index in [4.69, 9.17) is 0 Å². The van der Waals surface area contributed by atoms with Crippen LogP contribution in [0.5, 0.6) is 0 Å². The van der Waals surface area contributed by atoms with Crippen molar-refractivity contribution in [2.24, 2.45) is 0 Å². The molecule has 86 valence electrons. The highest BCUT2D eigenvalue weighted by Gasteiger charge is 2.28. The van der Waals surface area contributed by atoms with Crippen LogP contribution in [-0.4, -0.2) is 11.4 Å². The monoisotopic (exact) mass is 223 g/mol. The molecule has 0 spiro atoms. The molecule has 0 unspecified atom stereocenters. The number of hydrogen-bond acceptors (Lipinski definition) is 1. The second-order valence-corrected chi connectivity index (χ2v) is 4.67. The van der Waals surface area contributed by atoms with Gasteiger partial charge >= 0.3 is 0 Å². The predicted molar refractivity (Wildman–Crippen MR) is 70.7 cm³/mol. The van der Waals surface area contributed by atoms with E-state index >= 15 is 0 Å². The highest BCUT2D eigenvalue weighted by molar-refractivity contribution is 5.22. The van der Waals surface area contributed by atoms with Gasteiger partial charge in [-0.15, -0.1) is 0 Å². The largest absolute Gasteiger partial charge is 0.292 e. The van der Waals surface area contributed by atoms with Gasteiger partial charge in [-0.05, 0) is 17.5 Å². The van der Waals surface area contributed by atoms with Gasteiger partial charge in [-0.1, -0.05) is 60.7 Å². The first-order valence-electron chi connectivity index (χ1n) is 6.26. The molecular weight excluding hydrogens is 206 g/mol. The predicted octanol–water partition coefficient (Wildman–Crippen LogP) is 3.63. The number of likely N-dealkylation sites (tertiary alicyclic amines) is 1. The van der Waals surface area contributed by atoms with Crippen molar-refractivity contribution in [1.82, 2.24) is 4.90 Å². The van der Waals surface area contributed by atoms with Crippen molar-refractivity contribution in [2.45, 2.75) is 19.0 Å². The Morgan fingerprint density at radius 1 is 0.882 bits per heavy atom. The smallest absolute Gasteiger partial charge is 0.0363 e. The number of hydrogen-bond donors (Lipinski definition) is 0. The zero-order valence-electron chi connectivity index (χ0n) is 9.92. The fourth-order valence-corrected chi connectivity index (χ4v) is 2.50. The van der Waals surface area contributed by atoms with E-state index in [0.29, 0.717) is 6.04 Å². The van der Waals surface area contributed by atoms with Gasteiger partial charge in [0.05, 0.1) is 0 Å². The normalized spacial score (nSPS) is 19.9. The van der Waals surface area contributed by atoms with Crippen LogP contribution in [-0.2, 0) is 6.54 Å². The third kappa shape index (κ3) is 2.25. The lowest BCUT2D eigenvalue weighted by molar-refractivity contribution is 0.0819. The van der Waals surface area contributed by atoms with E-state index in [9.17, 15) is 0 Å². The van der Waals surface area contributed by atoms with Crippen LogP contribution in [0.3, 0.4) is 0 Å². The average Bonchev–Trinajstić information content (AvgIpc) is 2.37. The van der Waals surface area contributed by atoms with Crippen LogP contribution >= 0.6 is 0 Å². The maximum atomic E-state index is 2.55. The van der Waals surface area contributed by atoms with E-state index in [1.165, 1.54) is 24.1 Å². The Morgan fingerprint density at radius 3 is 2.12 bits per heavy atom. The third-order valence-corrected chi connectivity index (χ3v) is 3.54. The van der Waals surface area contributed by atoms with E-state index in [-0.39, 0.29) is 0 Å². The first kappa shape index (κ1) is 10.5. The molecule has 1 heterocycles. The summed E-state index contributed by atoms with van der Waals surface area (Å²) < 4.78 is 0. The Morgan fingerprint density at radius 2 is 1.53 bits per heavy atom. The molecule has 0 aliphatic carbocycles. The Labute approximate surface area is 103 Å². The molecule has 1 aliphatic rings. The second-order valence-electron chi connectivity index (χ2n) is 4.67. The van der Waals surface area contributed by atoms with Crippen LogP contribution in [0.4, 0.5) is 0 Å². The molecule has 1 aliphatic heterocycles. The van der Waals surface area contributed by atoms with Crippen LogP contribution < -0.4 is 0 Å². The van der Waals surface area contributed by atoms with Crippen LogP contribution in [0.2, 0.25) is 0 Å². The van der Waals surface area contributed by atoms with Crippen molar-refractivity contribution in [3.8, 4) is 0 Å². The van der Waals surface area contributed by atoms with E-state index in [1.54, 1.807) is 0 Å². The molecule has 0 bridgehead atoms. The van der Waals surface area contributed by atoms with Gasteiger partial charge in [0.1, 0.15) is 0 Å². The SMILES string of the molecule is c1ccc(CN2CC[C@@H]2c2ccccc2)cc1. The van der Waals surface area contributed by atoms with Crippen molar-refractivity contribution in [3.63, 3.8) is 0 Å². The van der Waals surface area contributed by atoms with Gasteiger partial charge in [-0.25, -0.2) is 0 Å². The second kappa shape index (κ2) is 4.72. The zero-order chi connectivity index (χ0) is 11.5. The summed E-state index contributed by atoms with van der Waals surface area (Å²) in [6.07, 6.45) is 1.29. The van der Waals surface area contributed by atoms with E-state index < -0.39 is 0 Å². The Kier molecular flexibility index (Phi) is 2.93. The van der Waals surface area contributed by atoms with E-state index in [2.05, 4.69) is 65.6 Å². The lowest BCUT2D eigenvalue weighted by atomic mass is 9.94. The molecule has 2 aromatic carbocycles. The number of benzene rings is 2. The molecule has 0 aromatic heterocycles.